The molecule has 2 aromatic carbocycles. The van der Waals surface area contributed by atoms with Crippen molar-refractivity contribution in [3.05, 3.63) is 64.7 Å². The van der Waals surface area contributed by atoms with Gasteiger partial charge in [-0.25, -0.2) is 14.4 Å². The highest BCUT2D eigenvalue weighted by Gasteiger charge is 2.62. The summed E-state index contributed by atoms with van der Waals surface area (Å²) >= 11 is 0. The van der Waals surface area contributed by atoms with E-state index >= 15 is 0 Å². The standard InChI is InChI=1S/C25H29N3O5/c1-16-4-7-20(14-17(16)2)22-15-28(24(26)30,33-23(29)19-8-9-19)25(31)27(22)13-12-18-5-10-21(32-3)11-6-18/h4-7,10-11,14,19,22H,8-9,12-13,15H2,1-3H3,(H-,26,30)/p+1. The first-order valence-corrected chi connectivity index (χ1v) is 11.2. The Bertz CT molecular complexity index is 1080. The van der Waals surface area contributed by atoms with E-state index in [1.807, 2.05) is 56.3 Å². The third kappa shape index (κ3) is 4.43. The number of carbonyl (C=O) groups is 3. The summed E-state index contributed by atoms with van der Waals surface area (Å²) in [6.45, 7) is 4.32. The van der Waals surface area contributed by atoms with Crippen LogP contribution in [0.1, 0.15) is 41.1 Å². The number of benzene rings is 2. The summed E-state index contributed by atoms with van der Waals surface area (Å²) in [5, 5.41) is 0. The highest BCUT2D eigenvalue weighted by atomic mass is 16.8. The van der Waals surface area contributed by atoms with Gasteiger partial charge < -0.3 is 10.5 Å². The second kappa shape index (κ2) is 8.86. The molecular formula is C25H30N3O5+. The van der Waals surface area contributed by atoms with Gasteiger partial charge in [0.25, 0.3) is 0 Å². The molecule has 0 spiro atoms. The topological polar surface area (TPSA) is 98.9 Å². The van der Waals surface area contributed by atoms with E-state index in [1.165, 1.54) is 0 Å². The predicted molar refractivity (Wildman–Crippen MR) is 121 cm³/mol. The zero-order valence-corrected chi connectivity index (χ0v) is 19.2. The highest BCUT2D eigenvalue weighted by molar-refractivity contribution is 5.85. The van der Waals surface area contributed by atoms with Gasteiger partial charge in [0.1, 0.15) is 11.8 Å². The number of imide groups is 1. The molecule has 1 saturated heterocycles. The van der Waals surface area contributed by atoms with Crippen molar-refractivity contribution in [3.63, 3.8) is 0 Å². The van der Waals surface area contributed by atoms with Crippen LogP contribution in [0.4, 0.5) is 9.59 Å². The molecule has 33 heavy (non-hydrogen) atoms. The van der Waals surface area contributed by atoms with Crippen molar-refractivity contribution in [3.8, 4) is 5.75 Å². The zero-order chi connectivity index (χ0) is 23.8. The number of hydrogen-bond acceptors (Lipinski definition) is 5. The third-order valence-electron chi connectivity index (χ3n) is 6.59. The van der Waals surface area contributed by atoms with Crippen molar-refractivity contribution >= 4 is 18.0 Å². The number of carbonyl (C=O) groups excluding carboxylic acids is 3. The SMILES string of the molecule is COc1ccc(CCN2C(=O)[N+](OC(=O)C3CC3)(C(N)=O)CC2c2ccc(C)c(C)c2)cc1. The summed E-state index contributed by atoms with van der Waals surface area (Å²) in [4.78, 5) is 45.8. The molecule has 1 aliphatic carbocycles. The van der Waals surface area contributed by atoms with Crippen LogP contribution < -0.4 is 10.5 Å². The number of urea groups is 2. The van der Waals surface area contributed by atoms with E-state index in [0.717, 1.165) is 28.0 Å². The smallest absolute Gasteiger partial charge is 0.471 e. The fourth-order valence-electron chi connectivity index (χ4n) is 4.16. The van der Waals surface area contributed by atoms with Crippen LogP contribution in [0.2, 0.25) is 0 Å². The maximum absolute atomic E-state index is 13.6. The van der Waals surface area contributed by atoms with E-state index < -0.39 is 28.7 Å². The number of hydrogen-bond donors (Lipinski definition) is 1. The second-order valence-corrected chi connectivity index (χ2v) is 8.88. The molecule has 2 aromatic rings. The summed E-state index contributed by atoms with van der Waals surface area (Å²) in [7, 11) is 1.61. The van der Waals surface area contributed by atoms with Gasteiger partial charge in [-0.15, -0.1) is 0 Å². The molecule has 174 valence electrons. The minimum Gasteiger partial charge on any atom is -0.497 e. The molecular weight excluding hydrogens is 422 g/mol. The van der Waals surface area contributed by atoms with E-state index in [4.69, 9.17) is 15.3 Å². The Hall–Kier alpha value is -3.39. The average molecular weight is 453 g/mol. The number of ether oxygens (including phenoxy) is 1. The fraction of sp³-hybridized carbons (Fsp3) is 0.400. The van der Waals surface area contributed by atoms with Gasteiger partial charge in [-0.2, -0.15) is 0 Å². The fourth-order valence-corrected chi connectivity index (χ4v) is 4.16. The van der Waals surface area contributed by atoms with E-state index in [9.17, 15) is 14.4 Å². The minimum atomic E-state index is -1.13. The molecule has 0 bridgehead atoms. The van der Waals surface area contributed by atoms with Gasteiger partial charge in [0.15, 0.2) is 6.54 Å². The molecule has 0 radical (unpaired) electrons. The molecule has 2 N–H and O–H groups in total. The molecule has 2 atom stereocenters. The monoisotopic (exact) mass is 452 g/mol. The number of aryl methyl sites for hydroxylation is 2. The van der Waals surface area contributed by atoms with Crippen molar-refractivity contribution < 1.29 is 28.6 Å². The molecule has 2 aliphatic rings. The first-order chi connectivity index (χ1) is 15.7. The largest absolute Gasteiger partial charge is 0.497 e. The van der Waals surface area contributed by atoms with Gasteiger partial charge in [0, 0.05) is 11.2 Å². The molecule has 1 heterocycles. The van der Waals surface area contributed by atoms with Gasteiger partial charge in [0.05, 0.1) is 13.0 Å². The third-order valence-corrected chi connectivity index (χ3v) is 6.59. The number of nitrogens with two attached hydrogens (primary N) is 1. The Labute approximate surface area is 193 Å². The van der Waals surface area contributed by atoms with Gasteiger partial charge in [-0.05, 0) is 67.5 Å². The molecule has 4 rings (SSSR count). The normalized spacial score (nSPS) is 22.3. The van der Waals surface area contributed by atoms with E-state index in [0.29, 0.717) is 25.8 Å². The van der Waals surface area contributed by atoms with Crippen LogP contribution in [-0.2, 0) is 16.1 Å². The maximum atomic E-state index is 13.6. The Morgan fingerprint density at radius 3 is 2.36 bits per heavy atom. The number of hydroxylamine groups is 3. The maximum Gasteiger partial charge on any atom is 0.471 e. The van der Waals surface area contributed by atoms with Crippen molar-refractivity contribution in [2.24, 2.45) is 11.7 Å². The zero-order valence-electron chi connectivity index (χ0n) is 19.2. The van der Waals surface area contributed by atoms with Crippen LogP contribution in [0.3, 0.4) is 0 Å². The highest BCUT2D eigenvalue weighted by Crippen LogP contribution is 2.39. The van der Waals surface area contributed by atoms with Gasteiger partial charge in [-0.3, -0.25) is 9.74 Å². The van der Waals surface area contributed by atoms with Crippen molar-refractivity contribution in [2.75, 3.05) is 20.2 Å². The lowest BCUT2D eigenvalue weighted by Crippen LogP contribution is -2.59. The van der Waals surface area contributed by atoms with Crippen LogP contribution >= 0.6 is 0 Å². The molecule has 1 aliphatic heterocycles. The molecule has 4 amide bonds. The molecule has 8 heteroatoms. The molecule has 8 nitrogen and oxygen atoms in total. The lowest BCUT2D eigenvalue weighted by Gasteiger charge is -2.22. The van der Waals surface area contributed by atoms with Gasteiger partial charge >= 0.3 is 18.0 Å². The summed E-state index contributed by atoms with van der Waals surface area (Å²) in [5.41, 5.74) is 9.78. The molecule has 1 saturated carbocycles. The summed E-state index contributed by atoms with van der Waals surface area (Å²) in [6.07, 6.45) is 1.97. The van der Waals surface area contributed by atoms with Crippen LogP contribution in [0, 0.1) is 19.8 Å². The summed E-state index contributed by atoms with van der Waals surface area (Å²) < 4.78 is 4.08. The first-order valence-electron chi connectivity index (χ1n) is 11.2. The molecule has 2 fully saturated rings. The quantitative estimate of drug-likeness (QED) is 0.672. The van der Waals surface area contributed by atoms with Crippen LogP contribution in [0.5, 0.6) is 5.75 Å². The first kappa shape index (κ1) is 22.8. The number of quaternary nitrogens is 1. The Kier molecular flexibility index (Phi) is 6.12. The summed E-state index contributed by atoms with van der Waals surface area (Å²) in [6, 6.07) is 11.5. The number of nitrogens with zero attached hydrogens (tertiary/aromatic N) is 2. The van der Waals surface area contributed by atoms with Crippen LogP contribution in [0.25, 0.3) is 0 Å². The Morgan fingerprint density at radius 2 is 1.79 bits per heavy atom. The Morgan fingerprint density at radius 1 is 1.09 bits per heavy atom. The van der Waals surface area contributed by atoms with Crippen molar-refractivity contribution in [1.29, 1.82) is 0 Å². The number of primary amides is 1. The van der Waals surface area contributed by atoms with E-state index in [1.54, 1.807) is 12.0 Å². The lowest BCUT2D eigenvalue weighted by molar-refractivity contribution is -0.950. The minimum absolute atomic E-state index is 0.0439. The van der Waals surface area contributed by atoms with Crippen LogP contribution in [-0.4, -0.2) is 47.8 Å². The van der Waals surface area contributed by atoms with Crippen molar-refractivity contribution in [2.45, 2.75) is 39.2 Å². The molecule has 2 unspecified atom stereocenters. The summed E-state index contributed by atoms with van der Waals surface area (Å²) in [5.74, 6) is -0.0565. The van der Waals surface area contributed by atoms with Crippen LogP contribution in [0.15, 0.2) is 42.5 Å². The lowest BCUT2D eigenvalue weighted by atomic mass is 10.00. The molecule has 0 aromatic heterocycles. The predicted octanol–water partition coefficient (Wildman–Crippen LogP) is 3.80. The number of methoxy groups -OCH3 is 1. The van der Waals surface area contributed by atoms with E-state index in [-0.39, 0.29) is 12.5 Å². The number of amides is 4. The average Bonchev–Trinajstić information content (AvgIpc) is 3.61. The Balaban J connectivity index is 1.65. The van der Waals surface area contributed by atoms with E-state index in [2.05, 4.69) is 0 Å². The van der Waals surface area contributed by atoms with Gasteiger partial charge in [0.2, 0.25) is 0 Å². The second-order valence-electron chi connectivity index (χ2n) is 8.88. The number of rotatable bonds is 6. The van der Waals surface area contributed by atoms with Gasteiger partial charge in [-0.1, -0.05) is 30.3 Å². The van der Waals surface area contributed by atoms with Crippen molar-refractivity contribution in [1.82, 2.24) is 4.90 Å².